The molecule has 0 atom stereocenters. The lowest BCUT2D eigenvalue weighted by Gasteiger charge is -2.27. The van der Waals surface area contributed by atoms with Gasteiger partial charge in [0, 0.05) is 37.6 Å². The molecule has 1 aliphatic heterocycles. The summed E-state index contributed by atoms with van der Waals surface area (Å²) in [5.41, 5.74) is 1.00. The quantitative estimate of drug-likeness (QED) is 0.734. The Bertz CT molecular complexity index is 776. The van der Waals surface area contributed by atoms with E-state index >= 15 is 0 Å². The third-order valence-electron chi connectivity index (χ3n) is 4.27. The molecule has 3 rings (SSSR count). The molecular weight excluding hydrogens is 342 g/mol. The van der Waals surface area contributed by atoms with E-state index in [-0.39, 0.29) is 11.5 Å². The van der Waals surface area contributed by atoms with E-state index in [1.54, 1.807) is 19.6 Å². The van der Waals surface area contributed by atoms with Gasteiger partial charge in [-0.15, -0.1) is 0 Å². The molecule has 1 aromatic heterocycles. The van der Waals surface area contributed by atoms with Crippen molar-refractivity contribution in [3.8, 4) is 11.5 Å². The minimum absolute atomic E-state index is 0.216. The minimum Gasteiger partial charge on any atom is -0.493 e. The molecule has 0 saturated carbocycles. The first-order valence-electron chi connectivity index (χ1n) is 8.24. The van der Waals surface area contributed by atoms with Crippen molar-refractivity contribution in [3.05, 3.63) is 42.5 Å². The van der Waals surface area contributed by atoms with Crippen LogP contribution >= 0.6 is 0 Å². The lowest BCUT2D eigenvalue weighted by molar-refractivity contribution is 0.256. The summed E-state index contributed by atoms with van der Waals surface area (Å²) >= 11 is 0. The zero-order chi connectivity index (χ0) is 17.7. The number of sulfone groups is 1. The van der Waals surface area contributed by atoms with Crippen molar-refractivity contribution < 1.29 is 17.9 Å². The Morgan fingerprint density at radius 3 is 2.72 bits per heavy atom. The molecule has 0 N–H and O–H groups in total. The van der Waals surface area contributed by atoms with E-state index in [9.17, 15) is 8.42 Å². The van der Waals surface area contributed by atoms with Gasteiger partial charge in [-0.2, -0.15) is 0 Å². The molecule has 0 bridgehead atoms. The van der Waals surface area contributed by atoms with Gasteiger partial charge in [0.25, 0.3) is 0 Å². The van der Waals surface area contributed by atoms with E-state index < -0.39 is 9.84 Å². The van der Waals surface area contributed by atoms with Crippen LogP contribution in [0.3, 0.4) is 0 Å². The summed E-state index contributed by atoms with van der Waals surface area (Å²) < 4.78 is 36.6. The Hall–Kier alpha value is -2.06. The maximum Gasteiger partial charge on any atom is 0.165 e. The summed E-state index contributed by atoms with van der Waals surface area (Å²) in [5, 5.41) is 0. The second kappa shape index (κ2) is 7.88. The molecule has 25 heavy (non-hydrogen) atoms. The highest BCUT2D eigenvalue weighted by molar-refractivity contribution is 7.91. The van der Waals surface area contributed by atoms with Gasteiger partial charge in [-0.1, -0.05) is 12.1 Å². The summed E-state index contributed by atoms with van der Waals surface area (Å²) in [6.45, 7) is 2.94. The van der Waals surface area contributed by atoms with Crippen LogP contribution in [-0.2, 0) is 22.9 Å². The Balaban J connectivity index is 1.68. The van der Waals surface area contributed by atoms with Crippen LogP contribution in [0.15, 0.2) is 36.9 Å². The van der Waals surface area contributed by atoms with Gasteiger partial charge < -0.3 is 14.0 Å². The largest absolute Gasteiger partial charge is 0.493 e. The van der Waals surface area contributed by atoms with E-state index in [1.807, 2.05) is 29.0 Å². The summed E-state index contributed by atoms with van der Waals surface area (Å²) in [6, 6.07) is 5.80. The zero-order valence-corrected chi connectivity index (χ0v) is 15.1. The van der Waals surface area contributed by atoms with Crippen molar-refractivity contribution in [1.29, 1.82) is 0 Å². The number of para-hydroxylation sites is 1. The molecule has 7 nitrogen and oxygen atoms in total. The topological polar surface area (TPSA) is 73.7 Å². The maximum absolute atomic E-state index is 11.6. The van der Waals surface area contributed by atoms with Gasteiger partial charge in [-0.3, -0.25) is 4.90 Å². The highest BCUT2D eigenvalue weighted by Crippen LogP contribution is 2.32. The van der Waals surface area contributed by atoms with Gasteiger partial charge in [0.1, 0.15) is 6.61 Å². The number of rotatable bonds is 7. The fraction of sp³-hybridized carbons (Fsp3) is 0.471. The van der Waals surface area contributed by atoms with Crippen molar-refractivity contribution in [2.24, 2.45) is 0 Å². The van der Waals surface area contributed by atoms with E-state index in [1.165, 1.54) is 0 Å². The number of hydrogen-bond donors (Lipinski definition) is 0. The van der Waals surface area contributed by atoms with Crippen molar-refractivity contribution in [2.75, 3.05) is 38.3 Å². The Morgan fingerprint density at radius 2 is 2.04 bits per heavy atom. The number of hydrogen-bond acceptors (Lipinski definition) is 6. The molecule has 0 unspecified atom stereocenters. The average molecular weight is 365 g/mol. The first kappa shape index (κ1) is 17.8. The Morgan fingerprint density at radius 1 is 1.24 bits per heavy atom. The third-order valence-corrected chi connectivity index (χ3v) is 5.88. The van der Waals surface area contributed by atoms with Crippen molar-refractivity contribution >= 4 is 9.84 Å². The predicted octanol–water partition coefficient (Wildman–Crippen LogP) is 1.20. The predicted molar refractivity (Wildman–Crippen MR) is 94.6 cm³/mol. The molecule has 2 heterocycles. The lowest BCUT2D eigenvalue weighted by atomic mass is 10.1. The SMILES string of the molecule is COc1cccc(CN2CCS(=O)(=O)CC2)c1OCCn1ccnc1. The third kappa shape index (κ3) is 4.73. The fourth-order valence-corrected chi connectivity index (χ4v) is 4.11. The number of nitrogens with zero attached hydrogens (tertiary/aromatic N) is 3. The molecular formula is C17H23N3O4S. The Kier molecular flexibility index (Phi) is 5.60. The number of aromatic nitrogens is 2. The number of methoxy groups -OCH3 is 1. The zero-order valence-electron chi connectivity index (χ0n) is 14.3. The van der Waals surface area contributed by atoms with Gasteiger partial charge in [0.05, 0.1) is 31.5 Å². The lowest BCUT2D eigenvalue weighted by Crippen LogP contribution is -2.39. The molecule has 1 aliphatic rings. The van der Waals surface area contributed by atoms with Crippen LogP contribution in [0.2, 0.25) is 0 Å². The van der Waals surface area contributed by atoms with Gasteiger partial charge in [-0.25, -0.2) is 13.4 Å². The highest BCUT2D eigenvalue weighted by Gasteiger charge is 2.23. The number of benzene rings is 1. The van der Waals surface area contributed by atoms with Gasteiger partial charge >= 0.3 is 0 Å². The summed E-state index contributed by atoms with van der Waals surface area (Å²) in [7, 11) is -1.26. The van der Waals surface area contributed by atoms with E-state index in [0.29, 0.717) is 38.5 Å². The van der Waals surface area contributed by atoms with Gasteiger partial charge in [-0.05, 0) is 6.07 Å². The molecule has 0 radical (unpaired) electrons. The smallest absolute Gasteiger partial charge is 0.165 e. The van der Waals surface area contributed by atoms with Crippen LogP contribution in [0, 0.1) is 0 Å². The van der Waals surface area contributed by atoms with Crippen LogP contribution in [0.5, 0.6) is 11.5 Å². The highest BCUT2D eigenvalue weighted by atomic mass is 32.2. The maximum atomic E-state index is 11.6. The minimum atomic E-state index is -2.88. The van der Waals surface area contributed by atoms with Gasteiger partial charge in [0.15, 0.2) is 21.3 Å². The molecule has 2 aromatic rings. The first-order valence-corrected chi connectivity index (χ1v) is 10.1. The monoisotopic (exact) mass is 365 g/mol. The summed E-state index contributed by atoms with van der Waals surface area (Å²) in [6.07, 6.45) is 5.38. The standard InChI is InChI=1S/C17H23N3O4S/c1-23-16-4-2-3-15(13-19-8-11-25(21,22)12-9-19)17(16)24-10-7-20-6-5-18-14-20/h2-6,14H,7-13H2,1H3. The molecule has 0 amide bonds. The Labute approximate surface area is 148 Å². The molecule has 1 fully saturated rings. The summed E-state index contributed by atoms with van der Waals surface area (Å²) in [4.78, 5) is 6.15. The molecule has 0 aliphatic carbocycles. The first-order chi connectivity index (χ1) is 12.1. The summed E-state index contributed by atoms with van der Waals surface area (Å²) in [5.74, 6) is 1.84. The van der Waals surface area contributed by atoms with E-state index in [2.05, 4.69) is 9.88 Å². The van der Waals surface area contributed by atoms with Gasteiger partial charge in [0.2, 0.25) is 0 Å². The second-order valence-electron chi connectivity index (χ2n) is 6.03. The van der Waals surface area contributed by atoms with Crippen LogP contribution in [-0.4, -0.2) is 61.2 Å². The van der Waals surface area contributed by atoms with Crippen LogP contribution in [0.1, 0.15) is 5.56 Å². The normalized spacial score (nSPS) is 17.3. The van der Waals surface area contributed by atoms with Crippen molar-refractivity contribution in [3.63, 3.8) is 0 Å². The van der Waals surface area contributed by atoms with Crippen LogP contribution < -0.4 is 9.47 Å². The van der Waals surface area contributed by atoms with Crippen LogP contribution in [0.25, 0.3) is 0 Å². The molecule has 1 saturated heterocycles. The molecule has 136 valence electrons. The molecule has 8 heteroatoms. The van der Waals surface area contributed by atoms with Crippen LogP contribution in [0.4, 0.5) is 0 Å². The second-order valence-corrected chi connectivity index (χ2v) is 8.33. The molecule has 1 aromatic carbocycles. The van der Waals surface area contributed by atoms with Crippen molar-refractivity contribution in [1.82, 2.24) is 14.5 Å². The van der Waals surface area contributed by atoms with Crippen molar-refractivity contribution in [2.45, 2.75) is 13.1 Å². The fourth-order valence-electron chi connectivity index (χ4n) is 2.83. The number of imidazole rings is 1. The number of ether oxygens (including phenoxy) is 2. The average Bonchev–Trinajstić information content (AvgIpc) is 3.11. The van der Waals surface area contributed by atoms with E-state index in [0.717, 1.165) is 11.3 Å². The molecule has 0 spiro atoms. The van der Waals surface area contributed by atoms with E-state index in [4.69, 9.17) is 9.47 Å².